The summed E-state index contributed by atoms with van der Waals surface area (Å²) in [5, 5.41) is 0. The van der Waals surface area contributed by atoms with Crippen LogP contribution in [-0.2, 0) is 0 Å². The van der Waals surface area contributed by atoms with E-state index in [4.69, 9.17) is 4.99 Å². The van der Waals surface area contributed by atoms with Gasteiger partial charge in [0.1, 0.15) is 5.82 Å². The molecule has 138 valence electrons. The number of anilines is 1. The van der Waals surface area contributed by atoms with Gasteiger partial charge in [0, 0.05) is 43.2 Å². The summed E-state index contributed by atoms with van der Waals surface area (Å²) in [6.07, 6.45) is 1.80. The van der Waals surface area contributed by atoms with Crippen LogP contribution in [0.3, 0.4) is 0 Å². The van der Waals surface area contributed by atoms with E-state index in [2.05, 4.69) is 28.9 Å². The number of rotatable bonds is 7. The number of aryl methyl sites for hydroxylation is 1. The lowest BCUT2D eigenvalue weighted by atomic mass is 10.0. The summed E-state index contributed by atoms with van der Waals surface area (Å²) >= 11 is 0. The Kier molecular flexibility index (Phi) is 6.64. The minimum atomic E-state index is 0.0316. The number of aliphatic imine (C=N–C) groups is 1. The lowest BCUT2D eigenvalue weighted by molar-refractivity contribution is 0.101. The average molecular weight is 352 g/mol. The summed E-state index contributed by atoms with van der Waals surface area (Å²) in [4.78, 5) is 25.6. The highest BCUT2D eigenvalue weighted by atomic mass is 16.1. The highest BCUT2D eigenvalue weighted by molar-refractivity contribution is 6.06. The van der Waals surface area contributed by atoms with Gasteiger partial charge in [0.05, 0.1) is 5.69 Å². The number of pyridine rings is 1. The van der Waals surface area contributed by atoms with E-state index in [9.17, 15) is 4.79 Å². The third kappa shape index (κ3) is 4.76. The zero-order valence-corrected chi connectivity index (χ0v) is 16.6. The fourth-order valence-electron chi connectivity index (χ4n) is 2.88. The monoisotopic (exact) mass is 352 g/mol. The van der Waals surface area contributed by atoms with Crippen LogP contribution in [0.15, 0.2) is 41.5 Å². The van der Waals surface area contributed by atoms with Gasteiger partial charge in [-0.2, -0.15) is 0 Å². The molecule has 0 saturated carbocycles. The van der Waals surface area contributed by atoms with Gasteiger partial charge in [0.2, 0.25) is 0 Å². The molecule has 2 rings (SSSR count). The van der Waals surface area contributed by atoms with Gasteiger partial charge in [0.25, 0.3) is 0 Å². The molecule has 5 heteroatoms. The summed E-state index contributed by atoms with van der Waals surface area (Å²) in [6.45, 7) is 7.30. The van der Waals surface area contributed by atoms with Gasteiger partial charge in [-0.1, -0.05) is 12.1 Å². The molecule has 2 aromatic rings. The first-order valence-corrected chi connectivity index (χ1v) is 8.78. The number of hydrogen-bond acceptors (Lipinski definition) is 5. The van der Waals surface area contributed by atoms with E-state index in [1.807, 2.05) is 51.2 Å². The molecule has 0 radical (unpaired) electrons. The van der Waals surface area contributed by atoms with Gasteiger partial charge < -0.3 is 9.80 Å². The van der Waals surface area contributed by atoms with Crippen LogP contribution in [0.1, 0.15) is 35.3 Å². The molecule has 0 spiro atoms. The molecule has 0 bridgehead atoms. The normalized spacial score (nSPS) is 11.7. The van der Waals surface area contributed by atoms with Gasteiger partial charge in [-0.05, 0) is 58.6 Å². The molecule has 0 fully saturated rings. The van der Waals surface area contributed by atoms with Crippen LogP contribution in [0.5, 0.6) is 0 Å². The molecule has 5 nitrogen and oxygen atoms in total. The summed E-state index contributed by atoms with van der Waals surface area (Å²) in [7, 11) is 6.15. The lowest BCUT2D eigenvalue weighted by Gasteiger charge is -2.23. The highest BCUT2D eigenvalue weighted by Crippen LogP contribution is 2.25. The van der Waals surface area contributed by atoms with E-state index in [0.717, 1.165) is 35.7 Å². The maximum atomic E-state index is 12.0. The van der Waals surface area contributed by atoms with Crippen LogP contribution in [0, 0.1) is 6.92 Å². The minimum absolute atomic E-state index is 0.0316. The Morgan fingerprint density at radius 1 is 1.08 bits per heavy atom. The largest absolute Gasteiger partial charge is 0.358 e. The van der Waals surface area contributed by atoms with E-state index in [0.29, 0.717) is 11.3 Å². The Labute approximate surface area is 156 Å². The molecule has 1 aromatic heterocycles. The maximum absolute atomic E-state index is 12.0. The summed E-state index contributed by atoms with van der Waals surface area (Å²) in [5.41, 5.74) is 4.16. The molecule has 0 aliphatic rings. The Morgan fingerprint density at radius 2 is 1.81 bits per heavy atom. The van der Waals surface area contributed by atoms with Crippen molar-refractivity contribution < 1.29 is 4.79 Å². The van der Waals surface area contributed by atoms with Crippen LogP contribution in [0.25, 0.3) is 0 Å². The first kappa shape index (κ1) is 19.8. The van der Waals surface area contributed by atoms with Crippen molar-refractivity contribution in [2.45, 2.75) is 20.8 Å². The zero-order valence-electron chi connectivity index (χ0n) is 16.6. The van der Waals surface area contributed by atoms with Crippen LogP contribution < -0.4 is 4.90 Å². The van der Waals surface area contributed by atoms with Crippen molar-refractivity contribution in [1.82, 2.24) is 9.88 Å². The molecule has 1 heterocycles. The average Bonchev–Trinajstić information content (AvgIpc) is 2.59. The fraction of sp³-hybridized carbons (Fsp3) is 0.381. The number of carbonyl (C=O) groups is 1. The number of carbonyl (C=O) groups excluding carboxylic acids is 1. The molecule has 26 heavy (non-hydrogen) atoms. The number of benzene rings is 1. The Balaban J connectivity index is 2.42. The fourth-order valence-corrected chi connectivity index (χ4v) is 2.88. The van der Waals surface area contributed by atoms with E-state index in [-0.39, 0.29) is 5.78 Å². The van der Waals surface area contributed by atoms with E-state index < -0.39 is 0 Å². The second kappa shape index (κ2) is 8.72. The standard InChI is InChI=1S/C21H28N4O/c1-15-9-7-11-19(20(15)17(3)26)23-16(2)18-10-8-12-22-21(18)25(6)14-13-24(4)5/h7-12H,13-14H2,1-6H3/b23-16+. The molecular formula is C21H28N4O. The highest BCUT2D eigenvalue weighted by Gasteiger charge is 2.14. The second-order valence-corrected chi connectivity index (χ2v) is 6.82. The molecule has 0 unspecified atom stereocenters. The quantitative estimate of drug-likeness (QED) is 0.563. The van der Waals surface area contributed by atoms with Crippen molar-refractivity contribution in [3.8, 4) is 0 Å². The third-order valence-corrected chi connectivity index (χ3v) is 4.31. The number of Topliss-reactive ketones (excluding diaryl/α,β-unsaturated/α-hetero) is 1. The van der Waals surface area contributed by atoms with Gasteiger partial charge >= 0.3 is 0 Å². The maximum Gasteiger partial charge on any atom is 0.162 e. The van der Waals surface area contributed by atoms with E-state index >= 15 is 0 Å². The summed E-state index contributed by atoms with van der Waals surface area (Å²) in [6, 6.07) is 9.70. The van der Waals surface area contributed by atoms with Crippen molar-refractivity contribution in [2.24, 2.45) is 4.99 Å². The second-order valence-electron chi connectivity index (χ2n) is 6.82. The molecule has 0 aliphatic heterocycles. The molecular weight excluding hydrogens is 324 g/mol. The van der Waals surface area contributed by atoms with Crippen molar-refractivity contribution in [1.29, 1.82) is 0 Å². The number of ketones is 1. The molecule has 0 N–H and O–H groups in total. The Bertz CT molecular complexity index is 811. The first-order valence-electron chi connectivity index (χ1n) is 8.78. The van der Waals surface area contributed by atoms with E-state index in [1.54, 1.807) is 13.1 Å². The lowest BCUT2D eigenvalue weighted by Crippen LogP contribution is -2.30. The minimum Gasteiger partial charge on any atom is -0.358 e. The number of aromatic nitrogens is 1. The van der Waals surface area contributed by atoms with Gasteiger partial charge in [-0.25, -0.2) is 4.98 Å². The smallest absolute Gasteiger partial charge is 0.162 e. The summed E-state index contributed by atoms with van der Waals surface area (Å²) in [5.74, 6) is 0.928. The van der Waals surface area contributed by atoms with Gasteiger partial charge in [-0.3, -0.25) is 9.79 Å². The van der Waals surface area contributed by atoms with E-state index in [1.165, 1.54) is 0 Å². The SMILES string of the molecule is CC(=O)c1c(C)cccc1/N=C(\C)c1cccnc1N(C)CCN(C)C. The van der Waals surface area contributed by atoms with Crippen LogP contribution in [0.2, 0.25) is 0 Å². The molecule has 0 saturated heterocycles. The topological polar surface area (TPSA) is 48.8 Å². The Morgan fingerprint density at radius 3 is 2.46 bits per heavy atom. The van der Waals surface area contributed by atoms with Crippen LogP contribution in [-0.4, -0.2) is 55.6 Å². The van der Waals surface area contributed by atoms with Crippen molar-refractivity contribution in [3.05, 3.63) is 53.2 Å². The number of likely N-dealkylation sites (N-methyl/N-ethyl adjacent to an activating group) is 2. The molecule has 0 aliphatic carbocycles. The van der Waals surface area contributed by atoms with Crippen LogP contribution in [0.4, 0.5) is 11.5 Å². The van der Waals surface area contributed by atoms with Crippen LogP contribution >= 0.6 is 0 Å². The van der Waals surface area contributed by atoms with Crippen molar-refractivity contribution >= 4 is 23.0 Å². The summed E-state index contributed by atoms with van der Waals surface area (Å²) < 4.78 is 0. The van der Waals surface area contributed by atoms with Crippen molar-refractivity contribution in [2.75, 3.05) is 39.1 Å². The molecule has 0 amide bonds. The van der Waals surface area contributed by atoms with Gasteiger partial charge in [0.15, 0.2) is 5.78 Å². The van der Waals surface area contributed by atoms with Gasteiger partial charge in [-0.15, -0.1) is 0 Å². The number of hydrogen-bond donors (Lipinski definition) is 0. The molecule has 0 atom stereocenters. The Hall–Kier alpha value is -2.53. The molecule has 1 aromatic carbocycles. The zero-order chi connectivity index (χ0) is 19.3. The predicted molar refractivity (Wildman–Crippen MR) is 109 cm³/mol. The third-order valence-electron chi connectivity index (χ3n) is 4.31. The predicted octanol–water partition coefficient (Wildman–Crippen LogP) is 3.73. The van der Waals surface area contributed by atoms with Crippen molar-refractivity contribution in [3.63, 3.8) is 0 Å². The first-order chi connectivity index (χ1) is 12.3. The number of nitrogens with zero attached hydrogens (tertiary/aromatic N) is 4.